The van der Waals surface area contributed by atoms with Crippen molar-refractivity contribution in [3.05, 3.63) is 35.9 Å². The largest absolute Gasteiger partial charge is 0.396 e. The molecule has 0 bridgehead atoms. The fourth-order valence-corrected chi connectivity index (χ4v) is 2.53. The lowest BCUT2D eigenvalue weighted by molar-refractivity contribution is 0.00904. The van der Waals surface area contributed by atoms with Gasteiger partial charge in [-0.05, 0) is 30.9 Å². The summed E-state index contributed by atoms with van der Waals surface area (Å²) in [5.41, 5.74) is 1.29. The third-order valence-corrected chi connectivity index (χ3v) is 3.55. The molecule has 94 valence electrons. The first-order valence-corrected chi connectivity index (χ1v) is 6.35. The summed E-state index contributed by atoms with van der Waals surface area (Å²) in [6, 6.07) is 10.3. The monoisotopic (exact) mass is 235 g/mol. The van der Waals surface area contributed by atoms with E-state index in [2.05, 4.69) is 17.0 Å². The molecule has 0 spiro atoms. The highest BCUT2D eigenvalue weighted by Gasteiger charge is 2.26. The normalized spacial score (nSPS) is 26.0. The third kappa shape index (κ3) is 3.53. The molecule has 0 radical (unpaired) electrons. The van der Waals surface area contributed by atoms with Crippen molar-refractivity contribution in [3.8, 4) is 0 Å². The second-order valence-electron chi connectivity index (χ2n) is 4.85. The summed E-state index contributed by atoms with van der Waals surface area (Å²) in [7, 11) is 0. The van der Waals surface area contributed by atoms with Gasteiger partial charge in [0.15, 0.2) is 0 Å². The molecular formula is C14H21NO2. The molecule has 1 aliphatic heterocycles. The van der Waals surface area contributed by atoms with Gasteiger partial charge in [0.05, 0.1) is 6.10 Å². The van der Waals surface area contributed by atoms with E-state index >= 15 is 0 Å². The predicted octanol–water partition coefficient (Wildman–Crippen LogP) is 1.25. The van der Waals surface area contributed by atoms with Crippen molar-refractivity contribution in [2.75, 3.05) is 19.7 Å². The van der Waals surface area contributed by atoms with Gasteiger partial charge in [0.2, 0.25) is 0 Å². The number of aliphatic hydroxyl groups is 2. The second-order valence-corrected chi connectivity index (χ2v) is 4.85. The van der Waals surface area contributed by atoms with E-state index in [0.717, 1.165) is 32.5 Å². The van der Waals surface area contributed by atoms with Crippen molar-refractivity contribution in [3.63, 3.8) is 0 Å². The molecule has 2 atom stereocenters. The maximum absolute atomic E-state index is 10.00. The zero-order valence-corrected chi connectivity index (χ0v) is 10.1. The zero-order chi connectivity index (χ0) is 12.1. The molecule has 1 aromatic carbocycles. The van der Waals surface area contributed by atoms with E-state index in [1.807, 2.05) is 18.2 Å². The van der Waals surface area contributed by atoms with E-state index in [1.54, 1.807) is 0 Å². The molecule has 0 aliphatic carbocycles. The minimum Gasteiger partial charge on any atom is -0.396 e. The number of aliphatic hydroxyl groups excluding tert-OH is 2. The summed E-state index contributed by atoms with van der Waals surface area (Å²) in [5, 5.41) is 18.9. The molecule has 1 aromatic rings. The van der Waals surface area contributed by atoms with Crippen molar-refractivity contribution >= 4 is 0 Å². The van der Waals surface area contributed by atoms with E-state index in [4.69, 9.17) is 5.11 Å². The number of piperidine rings is 1. The van der Waals surface area contributed by atoms with Gasteiger partial charge in [-0.3, -0.25) is 4.90 Å². The van der Waals surface area contributed by atoms with Crippen LogP contribution in [-0.4, -0.2) is 40.9 Å². The van der Waals surface area contributed by atoms with Gasteiger partial charge in [-0.1, -0.05) is 30.3 Å². The Kier molecular flexibility index (Phi) is 4.54. The zero-order valence-electron chi connectivity index (χ0n) is 10.1. The van der Waals surface area contributed by atoms with Crippen LogP contribution in [0.5, 0.6) is 0 Å². The highest BCUT2D eigenvalue weighted by molar-refractivity contribution is 5.14. The molecule has 1 saturated heterocycles. The quantitative estimate of drug-likeness (QED) is 0.825. The van der Waals surface area contributed by atoms with Crippen molar-refractivity contribution in [1.29, 1.82) is 0 Å². The van der Waals surface area contributed by atoms with Crippen LogP contribution in [0.15, 0.2) is 30.3 Å². The fourth-order valence-electron chi connectivity index (χ4n) is 2.53. The first-order chi connectivity index (χ1) is 8.29. The molecule has 0 amide bonds. The highest BCUT2D eigenvalue weighted by Crippen LogP contribution is 2.22. The Hall–Kier alpha value is -0.900. The SMILES string of the molecule is OCC[C@H]1CCN(Cc2ccccc2)C[C@@H]1O. The topological polar surface area (TPSA) is 43.7 Å². The Morgan fingerprint density at radius 1 is 1.24 bits per heavy atom. The summed E-state index contributed by atoms with van der Waals surface area (Å²) >= 11 is 0. The summed E-state index contributed by atoms with van der Waals surface area (Å²) in [6.07, 6.45) is 1.41. The van der Waals surface area contributed by atoms with Crippen LogP contribution in [0.3, 0.4) is 0 Å². The van der Waals surface area contributed by atoms with Crippen LogP contribution in [0.4, 0.5) is 0 Å². The number of nitrogens with zero attached hydrogens (tertiary/aromatic N) is 1. The number of benzene rings is 1. The molecule has 1 aliphatic rings. The van der Waals surface area contributed by atoms with Gasteiger partial charge in [-0.2, -0.15) is 0 Å². The van der Waals surface area contributed by atoms with Gasteiger partial charge in [-0.15, -0.1) is 0 Å². The first-order valence-electron chi connectivity index (χ1n) is 6.35. The Balaban J connectivity index is 1.85. The summed E-state index contributed by atoms with van der Waals surface area (Å²) in [6.45, 7) is 2.82. The summed E-state index contributed by atoms with van der Waals surface area (Å²) in [4.78, 5) is 2.29. The molecule has 3 nitrogen and oxygen atoms in total. The molecule has 0 unspecified atom stereocenters. The van der Waals surface area contributed by atoms with Crippen LogP contribution >= 0.6 is 0 Å². The van der Waals surface area contributed by atoms with Crippen LogP contribution in [0.2, 0.25) is 0 Å². The van der Waals surface area contributed by atoms with Gasteiger partial charge in [0, 0.05) is 19.7 Å². The van der Waals surface area contributed by atoms with Gasteiger partial charge >= 0.3 is 0 Å². The predicted molar refractivity (Wildman–Crippen MR) is 67.5 cm³/mol. The van der Waals surface area contributed by atoms with E-state index < -0.39 is 0 Å². The number of likely N-dealkylation sites (tertiary alicyclic amines) is 1. The molecule has 3 heteroatoms. The Bertz CT molecular complexity index is 328. The maximum atomic E-state index is 10.00. The average Bonchev–Trinajstić information content (AvgIpc) is 2.34. The molecule has 0 aromatic heterocycles. The molecule has 2 rings (SSSR count). The number of hydrogen-bond donors (Lipinski definition) is 2. The van der Waals surface area contributed by atoms with Crippen molar-refractivity contribution in [2.45, 2.75) is 25.5 Å². The van der Waals surface area contributed by atoms with Crippen LogP contribution in [0, 0.1) is 5.92 Å². The molecule has 1 fully saturated rings. The van der Waals surface area contributed by atoms with Gasteiger partial charge in [-0.25, -0.2) is 0 Å². The molecule has 2 N–H and O–H groups in total. The fraction of sp³-hybridized carbons (Fsp3) is 0.571. The minimum atomic E-state index is -0.292. The smallest absolute Gasteiger partial charge is 0.0696 e. The van der Waals surface area contributed by atoms with Gasteiger partial charge in [0.1, 0.15) is 0 Å². The molecular weight excluding hydrogens is 214 g/mol. The first kappa shape index (κ1) is 12.6. The Morgan fingerprint density at radius 2 is 2.00 bits per heavy atom. The lowest BCUT2D eigenvalue weighted by Gasteiger charge is -2.35. The Morgan fingerprint density at radius 3 is 2.65 bits per heavy atom. The van der Waals surface area contributed by atoms with Crippen LogP contribution in [0.25, 0.3) is 0 Å². The summed E-state index contributed by atoms with van der Waals surface area (Å²) < 4.78 is 0. The van der Waals surface area contributed by atoms with Gasteiger partial charge < -0.3 is 10.2 Å². The van der Waals surface area contributed by atoms with Crippen molar-refractivity contribution in [2.24, 2.45) is 5.92 Å². The maximum Gasteiger partial charge on any atom is 0.0696 e. The standard InChI is InChI=1S/C14H21NO2/c16-9-7-13-6-8-15(11-14(13)17)10-12-4-2-1-3-5-12/h1-5,13-14,16-17H,6-11H2/t13-,14+/m1/s1. The molecule has 0 saturated carbocycles. The van der Waals surface area contributed by atoms with Gasteiger partial charge in [0.25, 0.3) is 0 Å². The lowest BCUT2D eigenvalue weighted by Crippen LogP contribution is -2.43. The third-order valence-electron chi connectivity index (χ3n) is 3.55. The number of rotatable bonds is 4. The van der Waals surface area contributed by atoms with Crippen LogP contribution in [-0.2, 0) is 6.54 Å². The van der Waals surface area contributed by atoms with Crippen molar-refractivity contribution in [1.82, 2.24) is 4.90 Å². The summed E-state index contributed by atoms with van der Waals surface area (Å²) in [5.74, 6) is 0.270. The molecule has 1 heterocycles. The lowest BCUT2D eigenvalue weighted by atomic mass is 9.91. The second kappa shape index (κ2) is 6.15. The Labute approximate surface area is 103 Å². The van der Waals surface area contributed by atoms with Crippen molar-refractivity contribution < 1.29 is 10.2 Å². The number of β-amino-alcohol motifs (C(OH)–C–C–N with tert-alkyl or cyclic N) is 1. The van der Waals surface area contributed by atoms with E-state index in [-0.39, 0.29) is 18.6 Å². The average molecular weight is 235 g/mol. The van der Waals surface area contributed by atoms with Crippen LogP contribution < -0.4 is 0 Å². The number of hydrogen-bond acceptors (Lipinski definition) is 3. The highest BCUT2D eigenvalue weighted by atomic mass is 16.3. The molecule has 17 heavy (non-hydrogen) atoms. The minimum absolute atomic E-state index is 0.181. The van der Waals surface area contributed by atoms with E-state index in [1.165, 1.54) is 5.56 Å². The van der Waals surface area contributed by atoms with Crippen LogP contribution in [0.1, 0.15) is 18.4 Å². The van der Waals surface area contributed by atoms with E-state index in [9.17, 15) is 5.11 Å². The van der Waals surface area contributed by atoms with E-state index in [0.29, 0.717) is 0 Å².